The number of aliphatic hydroxyl groups excluding tert-OH is 1. The van der Waals surface area contributed by atoms with Crippen molar-refractivity contribution in [1.82, 2.24) is 4.98 Å². The molecule has 1 amide bonds. The van der Waals surface area contributed by atoms with Crippen molar-refractivity contribution in [3.8, 4) is 0 Å². The lowest BCUT2D eigenvalue weighted by Gasteiger charge is -2.05. The lowest BCUT2D eigenvalue weighted by atomic mass is 10.1. The number of carbonyl (C=O) groups is 1. The number of oxazole rings is 1. The summed E-state index contributed by atoms with van der Waals surface area (Å²) in [6, 6.07) is 3.27. The number of halogens is 1. The van der Waals surface area contributed by atoms with Gasteiger partial charge in [-0.3, -0.25) is 4.79 Å². The van der Waals surface area contributed by atoms with Gasteiger partial charge in [-0.1, -0.05) is 11.6 Å². The van der Waals surface area contributed by atoms with Crippen LogP contribution in [0.25, 0.3) is 0 Å². The first kappa shape index (κ1) is 11.6. The van der Waals surface area contributed by atoms with Crippen LogP contribution in [0.15, 0.2) is 39.1 Å². The molecule has 1 aliphatic rings. The largest absolute Gasteiger partial charge is 0.440 e. The molecule has 2 heterocycles. The van der Waals surface area contributed by atoms with Crippen LogP contribution in [-0.2, 0) is 4.79 Å². The number of aliphatic hydroxyl groups is 1. The zero-order valence-corrected chi connectivity index (χ0v) is 10.5. The average Bonchev–Trinajstić information content (AvgIpc) is 2.92. The summed E-state index contributed by atoms with van der Waals surface area (Å²) < 4.78 is 5.11. The number of amides is 1. The Balaban J connectivity index is 1.98. The molecule has 0 radical (unpaired) electrons. The number of rotatable bonds is 2. The van der Waals surface area contributed by atoms with Gasteiger partial charge >= 0.3 is 0 Å². The molecule has 0 aliphatic carbocycles. The maximum absolute atomic E-state index is 11.3. The third-order valence-corrected chi connectivity index (χ3v) is 3.87. The zero-order valence-electron chi connectivity index (χ0n) is 8.88. The molecule has 92 valence electrons. The summed E-state index contributed by atoms with van der Waals surface area (Å²) in [5.74, 6) is -0.445. The van der Waals surface area contributed by atoms with Crippen LogP contribution in [0, 0.1) is 0 Å². The van der Waals surface area contributed by atoms with Crippen molar-refractivity contribution in [3.05, 3.63) is 35.2 Å². The highest BCUT2D eigenvalue weighted by Gasteiger charge is 2.29. The van der Waals surface area contributed by atoms with E-state index < -0.39 is 12.0 Å². The smallest absolute Gasteiger partial charge is 0.260 e. The number of aromatic nitrogens is 1. The highest BCUT2D eigenvalue weighted by molar-refractivity contribution is 7.99. The van der Waals surface area contributed by atoms with Crippen LogP contribution < -0.4 is 5.32 Å². The van der Waals surface area contributed by atoms with Gasteiger partial charge in [0.15, 0.2) is 6.10 Å². The lowest BCUT2D eigenvalue weighted by molar-refractivity contribution is -0.123. The van der Waals surface area contributed by atoms with Crippen LogP contribution in [0.3, 0.4) is 0 Å². The van der Waals surface area contributed by atoms with Crippen molar-refractivity contribution in [3.63, 3.8) is 0 Å². The second-order valence-corrected chi connectivity index (χ2v) is 5.06. The van der Waals surface area contributed by atoms with Gasteiger partial charge in [0.1, 0.15) is 6.26 Å². The molecule has 2 aromatic rings. The third kappa shape index (κ3) is 1.88. The molecular formula is C11H7ClN2O3S. The predicted molar refractivity (Wildman–Crippen MR) is 65.7 cm³/mol. The van der Waals surface area contributed by atoms with Gasteiger partial charge in [-0.05, 0) is 23.9 Å². The molecule has 1 unspecified atom stereocenters. The van der Waals surface area contributed by atoms with Crippen molar-refractivity contribution < 1.29 is 14.3 Å². The van der Waals surface area contributed by atoms with Crippen LogP contribution in [0.4, 0.5) is 5.69 Å². The Hall–Kier alpha value is -1.50. The fraction of sp³-hybridized carbons (Fsp3) is 0.0909. The zero-order chi connectivity index (χ0) is 12.7. The van der Waals surface area contributed by atoms with Crippen LogP contribution in [0.2, 0.25) is 5.02 Å². The Morgan fingerprint density at radius 3 is 3.06 bits per heavy atom. The number of benzene rings is 1. The summed E-state index contributed by atoms with van der Waals surface area (Å²) in [5.41, 5.74) is 1.05. The Kier molecular flexibility index (Phi) is 2.77. The van der Waals surface area contributed by atoms with E-state index in [-0.39, 0.29) is 0 Å². The molecule has 2 N–H and O–H groups in total. The number of fused-ring (bicyclic) bond motifs is 1. The van der Waals surface area contributed by atoms with Gasteiger partial charge < -0.3 is 14.8 Å². The molecule has 5 nitrogen and oxygen atoms in total. The van der Waals surface area contributed by atoms with Gasteiger partial charge in [0.05, 0.1) is 11.2 Å². The first-order valence-corrected chi connectivity index (χ1v) is 6.24. The minimum absolute atomic E-state index is 0.438. The number of nitrogens with zero attached hydrogens (tertiary/aromatic N) is 1. The fourth-order valence-corrected chi connectivity index (χ4v) is 2.71. The number of carbonyl (C=O) groups excluding carboxylic acids is 1. The van der Waals surface area contributed by atoms with Crippen molar-refractivity contribution in [2.45, 2.75) is 16.2 Å². The minimum atomic E-state index is -1.15. The standard InChI is InChI=1S/C11H7ClN2O3S/c12-6-3-5-7(14-10(16)9(5)15)4-8(6)18-11-13-1-2-17-11/h1-4,9,15H,(H,14,16). The SMILES string of the molecule is O=C1Nc2cc(Sc3ncco3)c(Cl)cc2C1O. The number of hydrogen-bond donors (Lipinski definition) is 2. The Morgan fingerprint density at radius 1 is 1.50 bits per heavy atom. The second kappa shape index (κ2) is 4.31. The Bertz CT molecular complexity index is 615. The molecule has 1 atom stereocenters. The molecule has 7 heteroatoms. The first-order chi connectivity index (χ1) is 8.65. The summed E-state index contributed by atoms with van der Waals surface area (Å²) in [5, 5.41) is 13.1. The number of hydrogen-bond acceptors (Lipinski definition) is 5. The molecular weight excluding hydrogens is 276 g/mol. The normalized spacial score (nSPS) is 17.7. The molecule has 0 saturated heterocycles. The number of anilines is 1. The van der Waals surface area contributed by atoms with Gasteiger partial charge in [0.25, 0.3) is 11.1 Å². The number of nitrogens with one attached hydrogen (secondary N) is 1. The summed E-state index contributed by atoms with van der Waals surface area (Å²) in [6.45, 7) is 0. The highest BCUT2D eigenvalue weighted by Crippen LogP contribution is 2.40. The first-order valence-electron chi connectivity index (χ1n) is 5.05. The van der Waals surface area contributed by atoms with Gasteiger partial charge in [0, 0.05) is 16.1 Å². The van der Waals surface area contributed by atoms with Gasteiger partial charge in [-0.25, -0.2) is 4.98 Å². The lowest BCUT2D eigenvalue weighted by Crippen LogP contribution is -2.10. The molecule has 0 bridgehead atoms. The molecule has 1 aromatic carbocycles. The molecule has 1 aliphatic heterocycles. The van der Waals surface area contributed by atoms with E-state index in [0.29, 0.717) is 26.4 Å². The molecule has 0 fully saturated rings. The van der Waals surface area contributed by atoms with Crippen LogP contribution in [0.1, 0.15) is 11.7 Å². The fourth-order valence-electron chi connectivity index (χ4n) is 1.68. The van der Waals surface area contributed by atoms with E-state index in [1.165, 1.54) is 24.2 Å². The van der Waals surface area contributed by atoms with Crippen LogP contribution >= 0.6 is 23.4 Å². The molecule has 0 saturated carbocycles. The van der Waals surface area contributed by atoms with Gasteiger partial charge in [-0.15, -0.1) is 0 Å². The molecule has 1 aromatic heterocycles. The average molecular weight is 283 g/mol. The van der Waals surface area contributed by atoms with Crippen LogP contribution in [0.5, 0.6) is 0 Å². The Labute approximate surface area is 111 Å². The van der Waals surface area contributed by atoms with Crippen LogP contribution in [-0.4, -0.2) is 16.0 Å². The maximum Gasteiger partial charge on any atom is 0.260 e. The van der Waals surface area contributed by atoms with E-state index in [4.69, 9.17) is 16.0 Å². The quantitative estimate of drug-likeness (QED) is 0.885. The highest BCUT2D eigenvalue weighted by atomic mass is 35.5. The van der Waals surface area contributed by atoms with Gasteiger partial charge in [-0.2, -0.15) is 0 Å². The van der Waals surface area contributed by atoms with E-state index >= 15 is 0 Å². The van der Waals surface area contributed by atoms with Crippen molar-refractivity contribution in [2.75, 3.05) is 5.32 Å². The second-order valence-electron chi connectivity index (χ2n) is 3.66. The topological polar surface area (TPSA) is 75.4 Å². The summed E-state index contributed by atoms with van der Waals surface area (Å²) in [7, 11) is 0. The molecule has 18 heavy (non-hydrogen) atoms. The summed E-state index contributed by atoms with van der Waals surface area (Å²) in [6.07, 6.45) is 1.85. The maximum atomic E-state index is 11.3. The van der Waals surface area contributed by atoms with Crippen molar-refractivity contribution in [2.24, 2.45) is 0 Å². The molecule has 3 rings (SSSR count). The van der Waals surface area contributed by atoms with Gasteiger partial charge in [0.2, 0.25) is 0 Å². The third-order valence-electron chi connectivity index (χ3n) is 2.51. The monoisotopic (exact) mass is 282 g/mol. The van der Waals surface area contributed by atoms with E-state index in [0.717, 1.165) is 0 Å². The van der Waals surface area contributed by atoms with Crippen molar-refractivity contribution in [1.29, 1.82) is 0 Å². The summed E-state index contributed by atoms with van der Waals surface area (Å²) >= 11 is 7.34. The Morgan fingerprint density at radius 2 is 2.33 bits per heavy atom. The van der Waals surface area contributed by atoms with Crippen molar-refractivity contribution >= 4 is 35.0 Å². The van der Waals surface area contributed by atoms with E-state index in [1.54, 1.807) is 12.1 Å². The van der Waals surface area contributed by atoms with E-state index in [1.807, 2.05) is 0 Å². The molecule has 0 spiro atoms. The predicted octanol–water partition coefficient (Wildman–Crippen LogP) is 2.46. The minimum Gasteiger partial charge on any atom is -0.440 e. The summed E-state index contributed by atoms with van der Waals surface area (Å²) in [4.78, 5) is 16.0. The van der Waals surface area contributed by atoms with E-state index in [2.05, 4.69) is 10.3 Å². The van der Waals surface area contributed by atoms with E-state index in [9.17, 15) is 9.90 Å².